The quantitative estimate of drug-likeness (QED) is 0.489. The van der Waals surface area contributed by atoms with Crippen molar-refractivity contribution in [2.75, 3.05) is 20.7 Å². The monoisotopic (exact) mass is 379 g/mol. The summed E-state index contributed by atoms with van der Waals surface area (Å²) in [5, 5.41) is 6.63. The van der Waals surface area contributed by atoms with E-state index in [0.29, 0.717) is 13.1 Å². The summed E-state index contributed by atoms with van der Waals surface area (Å²) in [6.45, 7) is 6.27. The molecule has 0 aliphatic carbocycles. The molecule has 3 aromatic rings. The van der Waals surface area contributed by atoms with Crippen LogP contribution in [0.4, 0.5) is 0 Å². The number of aliphatic imine (C=N–C) groups is 1. The van der Waals surface area contributed by atoms with Gasteiger partial charge in [0.05, 0.1) is 23.0 Å². The zero-order valence-electron chi connectivity index (χ0n) is 17.1. The third-order valence-corrected chi connectivity index (χ3v) is 4.82. The molecule has 0 spiro atoms. The second-order valence-electron chi connectivity index (χ2n) is 7.42. The van der Waals surface area contributed by atoms with E-state index in [2.05, 4.69) is 55.5 Å². The number of fused-ring (bicyclic) bond motifs is 1. The predicted molar refractivity (Wildman–Crippen MR) is 115 cm³/mol. The van der Waals surface area contributed by atoms with Gasteiger partial charge in [-0.1, -0.05) is 36.4 Å². The molecule has 2 N–H and O–H groups in total. The van der Waals surface area contributed by atoms with Crippen LogP contribution in [-0.2, 0) is 17.8 Å². The topological polar surface area (TPSA) is 63.5 Å². The normalized spacial score (nSPS) is 12.4. The molecule has 0 radical (unpaired) electrons. The molecule has 0 bridgehead atoms. The highest BCUT2D eigenvalue weighted by atomic mass is 16.5. The summed E-state index contributed by atoms with van der Waals surface area (Å²) in [6.07, 6.45) is 1.90. The van der Waals surface area contributed by atoms with E-state index in [1.54, 1.807) is 14.2 Å². The van der Waals surface area contributed by atoms with E-state index in [0.717, 1.165) is 23.5 Å². The standard InChI is InChI=1S/C22H29N5O/c1-22(2,28-4)15-25-21(23-3)24-13-17-9-11-18(12-10-17)14-27-16-26-19-7-5-6-8-20(19)27/h5-12,16H,13-15H2,1-4H3,(H2,23,24,25). The third-order valence-electron chi connectivity index (χ3n) is 4.82. The number of aromatic nitrogens is 2. The molecule has 6 heteroatoms. The van der Waals surface area contributed by atoms with Crippen molar-refractivity contribution < 1.29 is 4.74 Å². The molecule has 0 atom stereocenters. The van der Waals surface area contributed by atoms with Gasteiger partial charge >= 0.3 is 0 Å². The average molecular weight is 380 g/mol. The Balaban J connectivity index is 1.55. The van der Waals surface area contributed by atoms with Gasteiger partial charge in [0.15, 0.2) is 5.96 Å². The lowest BCUT2D eigenvalue weighted by molar-refractivity contribution is 0.0268. The van der Waals surface area contributed by atoms with Crippen LogP contribution in [0.15, 0.2) is 59.9 Å². The molecule has 0 saturated heterocycles. The van der Waals surface area contributed by atoms with Crippen molar-refractivity contribution in [1.29, 1.82) is 0 Å². The number of imidazole rings is 1. The number of methoxy groups -OCH3 is 1. The van der Waals surface area contributed by atoms with E-state index in [-0.39, 0.29) is 5.60 Å². The van der Waals surface area contributed by atoms with Gasteiger partial charge in [0, 0.05) is 33.8 Å². The van der Waals surface area contributed by atoms with E-state index in [4.69, 9.17) is 4.74 Å². The Hall–Kier alpha value is -2.86. The number of rotatable bonds is 7. The van der Waals surface area contributed by atoms with Gasteiger partial charge in [0.1, 0.15) is 0 Å². The zero-order valence-corrected chi connectivity index (χ0v) is 17.1. The first-order valence-corrected chi connectivity index (χ1v) is 9.48. The maximum absolute atomic E-state index is 5.43. The Labute approximate surface area is 166 Å². The Morgan fingerprint density at radius 2 is 1.79 bits per heavy atom. The van der Waals surface area contributed by atoms with Crippen molar-refractivity contribution in [2.45, 2.75) is 32.5 Å². The molecule has 148 valence electrons. The molecule has 6 nitrogen and oxygen atoms in total. The van der Waals surface area contributed by atoms with Gasteiger partial charge in [-0.05, 0) is 37.1 Å². The first-order valence-electron chi connectivity index (χ1n) is 9.48. The zero-order chi connectivity index (χ0) is 20.0. The van der Waals surface area contributed by atoms with Gasteiger partial charge in [-0.2, -0.15) is 0 Å². The molecule has 0 amide bonds. The molecule has 0 unspecified atom stereocenters. The fourth-order valence-corrected chi connectivity index (χ4v) is 2.87. The van der Waals surface area contributed by atoms with Gasteiger partial charge in [0.2, 0.25) is 0 Å². The highest BCUT2D eigenvalue weighted by molar-refractivity contribution is 5.79. The number of para-hydroxylation sites is 2. The number of nitrogens with zero attached hydrogens (tertiary/aromatic N) is 3. The second kappa shape index (κ2) is 8.89. The summed E-state index contributed by atoms with van der Waals surface area (Å²) < 4.78 is 7.60. The molecule has 1 heterocycles. The molecule has 1 aromatic heterocycles. The van der Waals surface area contributed by atoms with Crippen LogP contribution in [0.5, 0.6) is 0 Å². The minimum Gasteiger partial charge on any atom is -0.377 e. The minimum atomic E-state index is -0.239. The van der Waals surface area contributed by atoms with Crippen molar-refractivity contribution in [2.24, 2.45) is 4.99 Å². The molecular weight excluding hydrogens is 350 g/mol. The van der Waals surface area contributed by atoms with E-state index < -0.39 is 0 Å². The van der Waals surface area contributed by atoms with Crippen LogP contribution in [0.2, 0.25) is 0 Å². The number of hydrogen-bond acceptors (Lipinski definition) is 3. The summed E-state index contributed by atoms with van der Waals surface area (Å²) in [4.78, 5) is 8.72. The van der Waals surface area contributed by atoms with Gasteiger partial charge in [-0.3, -0.25) is 4.99 Å². The van der Waals surface area contributed by atoms with Crippen LogP contribution in [-0.4, -0.2) is 41.8 Å². The van der Waals surface area contributed by atoms with Crippen molar-refractivity contribution in [1.82, 2.24) is 20.2 Å². The van der Waals surface area contributed by atoms with E-state index in [9.17, 15) is 0 Å². The average Bonchev–Trinajstić information content (AvgIpc) is 3.12. The molecule has 2 aromatic carbocycles. The van der Waals surface area contributed by atoms with Gasteiger partial charge < -0.3 is 19.9 Å². The summed E-state index contributed by atoms with van der Waals surface area (Å²) in [5.41, 5.74) is 4.39. The highest BCUT2D eigenvalue weighted by Gasteiger charge is 2.16. The second-order valence-corrected chi connectivity index (χ2v) is 7.42. The fourth-order valence-electron chi connectivity index (χ4n) is 2.87. The molecule has 0 saturated carbocycles. The van der Waals surface area contributed by atoms with Crippen LogP contribution in [0, 0.1) is 0 Å². The van der Waals surface area contributed by atoms with Crippen LogP contribution < -0.4 is 10.6 Å². The van der Waals surface area contributed by atoms with Crippen molar-refractivity contribution >= 4 is 17.0 Å². The summed E-state index contributed by atoms with van der Waals surface area (Å²) >= 11 is 0. The van der Waals surface area contributed by atoms with E-state index >= 15 is 0 Å². The Kier molecular flexibility index (Phi) is 6.31. The smallest absolute Gasteiger partial charge is 0.191 e. The lowest BCUT2D eigenvalue weighted by Gasteiger charge is -2.24. The van der Waals surface area contributed by atoms with Crippen molar-refractivity contribution in [3.05, 3.63) is 66.0 Å². The number of ether oxygens (including phenoxy) is 1. The molecule has 28 heavy (non-hydrogen) atoms. The number of guanidine groups is 1. The predicted octanol–water partition coefficient (Wildman–Crippen LogP) is 3.17. The van der Waals surface area contributed by atoms with E-state index in [1.165, 1.54) is 11.1 Å². The number of benzene rings is 2. The molecule has 3 rings (SSSR count). The van der Waals surface area contributed by atoms with Crippen molar-refractivity contribution in [3.63, 3.8) is 0 Å². The largest absolute Gasteiger partial charge is 0.377 e. The van der Waals surface area contributed by atoms with Gasteiger partial charge in [-0.15, -0.1) is 0 Å². The van der Waals surface area contributed by atoms with Gasteiger partial charge in [-0.25, -0.2) is 4.98 Å². The first kappa shape index (κ1) is 19.9. The minimum absolute atomic E-state index is 0.239. The molecule has 0 aliphatic heterocycles. The summed E-state index contributed by atoms with van der Waals surface area (Å²) in [5.74, 6) is 0.763. The Morgan fingerprint density at radius 3 is 2.50 bits per heavy atom. The van der Waals surface area contributed by atoms with Gasteiger partial charge in [0.25, 0.3) is 0 Å². The molecule has 0 fully saturated rings. The maximum Gasteiger partial charge on any atom is 0.191 e. The van der Waals surface area contributed by atoms with Crippen LogP contribution in [0.1, 0.15) is 25.0 Å². The Bertz CT molecular complexity index is 928. The number of hydrogen-bond donors (Lipinski definition) is 2. The first-order chi connectivity index (χ1) is 13.5. The molecule has 0 aliphatic rings. The third kappa shape index (κ3) is 5.10. The lowest BCUT2D eigenvalue weighted by atomic mass is 10.1. The molecular formula is C22H29N5O. The van der Waals surface area contributed by atoms with Crippen LogP contribution >= 0.6 is 0 Å². The highest BCUT2D eigenvalue weighted by Crippen LogP contribution is 2.14. The SMILES string of the molecule is CN=C(NCc1ccc(Cn2cnc3ccccc32)cc1)NCC(C)(C)OC. The summed E-state index contributed by atoms with van der Waals surface area (Å²) in [6, 6.07) is 16.8. The van der Waals surface area contributed by atoms with Crippen molar-refractivity contribution in [3.8, 4) is 0 Å². The fraction of sp³-hybridized carbons (Fsp3) is 0.364. The number of nitrogens with one attached hydrogen (secondary N) is 2. The summed E-state index contributed by atoms with van der Waals surface area (Å²) in [7, 11) is 3.49. The van der Waals surface area contributed by atoms with Crippen LogP contribution in [0.25, 0.3) is 11.0 Å². The van der Waals surface area contributed by atoms with E-state index in [1.807, 2.05) is 38.4 Å². The Morgan fingerprint density at radius 1 is 1.07 bits per heavy atom. The lowest BCUT2D eigenvalue weighted by Crippen LogP contribution is -2.45. The maximum atomic E-state index is 5.43. The van der Waals surface area contributed by atoms with Crippen LogP contribution in [0.3, 0.4) is 0 Å².